The molecule has 0 fully saturated rings. The van der Waals surface area contributed by atoms with Crippen molar-refractivity contribution in [1.29, 1.82) is 0 Å². The largest absolute Gasteiger partial charge is 0.299 e. The highest BCUT2D eigenvalue weighted by molar-refractivity contribution is 5.18. The molecule has 0 amide bonds. The number of rotatable bonds is 3. The van der Waals surface area contributed by atoms with Gasteiger partial charge in [0, 0.05) is 11.3 Å². The quantitative estimate of drug-likeness (QED) is 0.842. The SMILES string of the molecule is CCc1[nH]n(C(C)(C)C)c(=O)c1CC(C)C. The molecule has 1 aromatic heterocycles. The molecule has 1 aromatic rings. The van der Waals surface area contributed by atoms with Gasteiger partial charge in [0.15, 0.2) is 0 Å². The number of nitrogens with one attached hydrogen (secondary N) is 1. The lowest BCUT2D eigenvalue weighted by molar-refractivity contribution is 0.343. The molecule has 0 atom stereocenters. The highest BCUT2D eigenvalue weighted by Gasteiger charge is 2.21. The molecule has 0 aromatic carbocycles. The monoisotopic (exact) mass is 224 g/mol. The van der Waals surface area contributed by atoms with E-state index in [0.29, 0.717) is 5.92 Å². The van der Waals surface area contributed by atoms with Gasteiger partial charge in [-0.05, 0) is 39.5 Å². The first-order chi connectivity index (χ1) is 7.27. The summed E-state index contributed by atoms with van der Waals surface area (Å²) in [5, 5.41) is 3.25. The molecule has 1 heterocycles. The second-order valence-electron chi connectivity index (χ2n) is 5.83. The van der Waals surface area contributed by atoms with Crippen molar-refractivity contribution >= 4 is 0 Å². The first-order valence-corrected chi connectivity index (χ1v) is 6.10. The third-order valence-corrected chi connectivity index (χ3v) is 2.71. The maximum absolute atomic E-state index is 12.3. The molecule has 0 saturated heterocycles. The zero-order chi connectivity index (χ0) is 12.5. The molecule has 0 unspecified atom stereocenters. The Morgan fingerprint density at radius 1 is 1.31 bits per heavy atom. The lowest BCUT2D eigenvalue weighted by Crippen LogP contribution is -2.33. The summed E-state index contributed by atoms with van der Waals surface area (Å²) in [6, 6.07) is 0. The third kappa shape index (κ3) is 2.57. The van der Waals surface area contributed by atoms with Gasteiger partial charge in [-0.1, -0.05) is 20.8 Å². The van der Waals surface area contributed by atoms with E-state index in [4.69, 9.17) is 0 Å². The van der Waals surface area contributed by atoms with E-state index in [1.165, 1.54) is 0 Å². The van der Waals surface area contributed by atoms with Gasteiger partial charge in [0.25, 0.3) is 5.56 Å². The molecule has 0 saturated carbocycles. The highest BCUT2D eigenvalue weighted by atomic mass is 16.1. The molecule has 3 heteroatoms. The summed E-state index contributed by atoms with van der Waals surface area (Å²) >= 11 is 0. The minimum Gasteiger partial charge on any atom is -0.299 e. The maximum atomic E-state index is 12.3. The molecule has 3 nitrogen and oxygen atoms in total. The number of aryl methyl sites for hydroxylation is 1. The Labute approximate surface area is 97.8 Å². The molecule has 0 aliphatic carbocycles. The number of hydrogen-bond donors (Lipinski definition) is 1. The van der Waals surface area contributed by atoms with E-state index in [-0.39, 0.29) is 11.1 Å². The molecule has 1 rings (SSSR count). The van der Waals surface area contributed by atoms with Crippen molar-refractivity contribution in [3.63, 3.8) is 0 Å². The van der Waals surface area contributed by atoms with Gasteiger partial charge >= 0.3 is 0 Å². The van der Waals surface area contributed by atoms with Crippen molar-refractivity contribution in [2.75, 3.05) is 0 Å². The zero-order valence-electron chi connectivity index (χ0n) is 11.3. The average molecular weight is 224 g/mol. The predicted octanol–water partition coefficient (Wildman–Crippen LogP) is 2.69. The molecule has 1 N–H and O–H groups in total. The van der Waals surface area contributed by atoms with Crippen LogP contribution < -0.4 is 5.56 Å². The van der Waals surface area contributed by atoms with Crippen LogP contribution in [0, 0.1) is 5.92 Å². The molecule has 0 radical (unpaired) electrons. The summed E-state index contributed by atoms with van der Waals surface area (Å²) in [4.78, 5) is 12.3. The summed E-state index contributed by atoms with van der Waals surface area (Å²) in [6.07, 6.45) is 1.75. The number of hydrogen-bond acceptors (Lipinski definition) is 1. The first-order valence-electron chi connectivity index (χ1n) is 6.10. The Balaban J connectivity index is 3.27. The number of aromatic amines is 1. The minimum atomic E-state index is -0.170. The van der Waals surface area contributed by atoms with E-state index in [9.17, 15) is 4.79 Å². The van der Waals surface area contributed by atoms with Crippen LogP contribution in [0.5, 0.6) is 0 Å². The van der Waals surface area contributed by atoms with Crippen LogP contribution in [0.1, 0.15) is 52.8 Å². The Bertz CT molecular complexity index is 405. The average Bonchev–Trinajstić information content (AvgIpc) is 2.42. The molecule has 0 aliphatic rings. The fourth-order valence-electron chi connectivity index (χ4n) is 1.90. The molecule has 0 spiro atoms. The van der Waals surface area contributed by atoms with E-state index in [0.717, 1.165) is 24.1 Å². The van der Waals surface area contributed by atoms with Crippen LogP contribution in [0.3, 0.4) is 0 Å². The summed E-state index contributed by atoms with van der Waals surface area (Å²) < 4.78 is 1.75. The molecular weight excluding hydrogens is 200 g/mol. The van der Waals surface area contributed by atoms with Gasteiger partial charge in [-0.2, -0.15) is 0 Å². The number of nitrogens with zero attached hydrogens (tertiary/aromatic N) is 1. The van der Waals surface area contributed by atoms with Gasteiger partial charge in [0.2, 0.25) is 0 Å². The van der Waals surface area contributed by atoms with Crippen LogP contribution in [-0.2, 0) is 18.4 Å². The van der Waals surface area contributed by atoms with Crippen LogP contribution >= 0.6 is 0 Å². The van der Waals surface area contributed by atoms with Crippen molar-refractivity contribution < 1.29 is 0 Å². The fourth-order valence-corrected chi connectivity index (χ4v) is 1.90. The van der Waals surface area contributed by atoms with Crippen molar-refractivity contribution in [1.82, 2.24) is 9.78 Å². The normalized spacial score (nSPS) is 12.4. The molecule has 92 valence electrons. The first kappa shape index (κ1) is 13.1. The van der Waals surface area contributed by atoms with E-state index in [1.54, 1.807) is 4.68 Å². The van der Waals surface area contributed by atoms with Crippen LogP contribution in [0.15, 0.2) is 4.79 Å². The minimum absolute atomic E-state index is 0.151. The Morgan fingerprint density at radius 3 is 2.25 bits per heavy atom. The van der Waals surface area contributed by atoms with E-state index >= 15 is 0 Å². The molecular formula is C13H24N2O. The summed E-state index contributed by atoms with van der Waals surface area (Å²) in [7, 11) is 0. The van der Waals surface area contributed by atoms with E-state index < -0.39 is 0 Å². The number of aromatic nitrogens is 2. The van der Waals surface area contributed by atoms with Crippen molar-refractivity contribution in [2.45, 2.75) is 59.9 Å². The highest BCUT2D eigenvalue weighted by Crippen LogP contribution is 2.15. The molecule has 0 aliphatic heterocycles. The van der Waals surface area contributed by atoms with E-state index in [1.807, 2.05) is 20.8 Å². The number of H-pyrrole nitrogens is 1. The molecule has 0 bridgehead atoms. The zero-order valence-corrected chi connectivity index (χ0v) is 11.3. The maximum Gasteiger partial charge on any atom is 0.270 e. The van der Waals surface area contributed by atoms with Crippen LogP contribution in [0.4, 0.5) is 0 Å². The summed E-state index contributed by atoms with van der Waals surface area (Å²) in [5.41, 5.74) is 2.04. The van der Waals surface area contributed by atoms with Gasteiger partial charge < -0.3 is 0 Å². The molecule has 16 heavy (non-hydrogen) atoms. The van der Waals surface area contributed by atoms with Gasteiger partial charge in [-0.15, -0.1) is 0 Å². The lowest BCUT2D eigenvalue weighted by Gasteiger charge is -2.19. The van der Waals surface area contributed by atoms with Gasteiger partial charge in [-0.3, -0.25) is 9.89 Å². The lowest BCUT2D eigenvalue weighted by atomic mass is 10.0. The van der Waals surface area contributed by atoms with Gasteiger partial charge in [-0.25, -0.2) is 4.68 Å². The second-order valence-corrected chi connectivity index (χ2v) is 5.83. The Hall–Kier alpha value is -0.990. The standard InChI is InChI=1S/C13H24N2O/c1-7-11-10(8-9(2)3)12(16)15(14-11)13(4,5)6/h9,14H,7-8H2,1-6H3. The van der Waals surface area contributed by atoms with Gasteiger partial charge in [0.05, 0.1) is 5.54 Å². The van der Waals surface area contributed by atoms with Crippen molar-refractivity contribution in [2.24, 2.45) is 5.92 Å². The van der Waals surface area contributed by atoms with Crippen molar-refractivity contribution in [3.05, 3.63) is 21.6 Å². The predicted molar refractivity (Wildman–Crippen MR) is 68.0 cm³/mol. The smallest absolute Gasteiger partial charge is 0.270 e. The Kier molecular flexibility index (Phi) is 3.66. The summed E-state index contributed by atoms with van der Waals surface area (Å²) in [6.45, 7) is 12.5. The third-order valence-electron chi connectivity index (χ3n) is 2.71. The topological polar surface area (TPSA) is 37.8 Å². The van der Waals surface area contributed by atoms with Crippen LogP contribution in [-0.4, -0.2) is 9.78 Å². The van der Waals surface area contributed by atoms with Crippen LogP contribution in [0.25, 0.3) is 0 Å². The van der Waals surface area contributed by atoms with Gasteiger partial charge in [0.1, 0.15) is 0 Å². The van der Waals surface area contributed by atoms with Crippen molar-refractivity contribution in [3.8, 4) is 0 Å². The van der Waals surface area contributed by atoms with Crippen LogP contribution in [0.2, 0.25) is 0 Å². The fraction of sp³-hybridized carbons (Fsp3) is 0.769. The Morgan fingerprint density at radius 2 is 1.88 bits per heavy atom. The van der Waals surface area contributed by atoms with E-state index in [2.05, 4.69) is 25.9 Å². The second kappa shape index (κ2) is 4.48. The summed E-state index contributed by atoms with van der Waals surface area (Å²) in [5.74, 6) is 0.516.